The van der Waals surface area contributed by atoms with Crippen LogP contribution in [-0.2, 0) is 13.1 Å². The van der Waals surface area contributed by atoms with E-state index in [0.717, 1.165) is 26.2 Å². The first-order chi connectivity index (χ1) is 11.7. The SMILES string of the molecule is CN(Cc1ccccc1)CC(O)CN1CCCC1Cn1cccn1. The minimum atomic E-state index is -0.322. The number of rotatable bonds is 8. The number of aliphatic hydroxyl groups excluding tert-OH is 1. The van der Waals surface area contributed by atoms with Gasteiger partial charge in [-0.25, -0.2) is 0 Å². The summed E-state index contributed by atoms with van der Waals surface area (Å²) in [5, 5.41) is 14.8. The summed E-state index contributed by atoms with van der Waals surface area (Å²) >= 11 is 0. The minimum absolute atomic E-state index is 0.322. The van der Waals surface area contributed by atoms with E-state index in [1.807, 2.05) is 29.2 Å². The normalized spacial score (nSPS) is 19.9. The average molecular weight is 328 g/mol. The number of aromatic nitrogens is 2. The topological polar surface area (TPSA) is 44.5 Å². The summed E-state index contributed by atoms with van der Waals surface area (Å²) in [7, 11) is 2.07. The molecule has 1 fully saturated rings. The van der Waals surface area contributed by atoms with Crippen molar-refractivity contribution in [2.24, 2.45) is 0 Å². The number of benzene rings is 1. The smallest absolute Gasteiger partial charge is 0.0793 e. The molecule has 2 heterocycles. The van der Waals surface area contributed by atoms with Gasteiger partial charge in [0, 0.05) is 38.1 Å². The Bertz CT molecular complexity index is 587. The van der Waals surface area contributed by atoms with Crippen molar-refractivity contribution >= 4 is 0 Å². The summed E-state index contributed by atoms with van der Waals surface area (Å²) in [6.07, 6.45) is 5.91. The van der Waals surface area contributed by atoms with E-state index in [4.69, 9.17) is 0 Å². The van der Waals surface area contributed by atoms with Crippen molar-refractivity contribution in [1.82, 2.24) is 19.6 Å². The highest BCUT2D eigenvalue weighted by Crippen LogP contribution is 2.19. The first-order valence-corrected chi connectivity index (χ1v) is 8.83. The van der Waals surface area contributed by atoms with Crippen LogP contribution in [0.25, 0.3) is 0 Å². The van der Waals surface area contributed by atoms with E-state index in [9.17, 15) is 5.11 Å². The number of β-amino-alcohol motifs (C(OH)–C–C–N with tert-alkyl or cyclic N) is 1. The fourth-order valence-electron chi connectivity index (χ4n) is 3.61. The number of aliphatic hydroxyl groups is 1. The Morgan fingerprint density at radius 2 is 2.12 bits per heavy atom. The lowest BCUT2D eigenvalue weighted by atomic mass is 10.2. The average Bonchev–Trinajstić information content (AvgIpc) is 3.21. The van der Waals surface area contributed by atoms with Crippen LogP contribution in [0.3, 0.4) is 0 Å². The van der Waals surface area contributed by atoms with Gasteiger partial charge >= 0.3 is 0 Å². The molecular formula is C19H28N4O. The predicted molar refractivity (Wildman–Crippen MR) is 95.6 cm³/mol. The lowest BCUT2D eigenvalue weighted by Gasteiger charge is -2.28. The third-order valence-electron chi connectivity index (χ3n) is 4.72. The molecule has 1 N–H and O–H groups in total. The lowest BCUT2D eigenvalue weighted by molar-refractivity contribution is 0.0717. The fourth-order valence-corrected chi connectivity index (χ4v) is 3.61. The molecule has 130 valence electrons. The Morgan fingerprint density at radius 1 is 1.29 bits per heavy atom. The third-order valence-corrected chi connectivity index (χ3v) is 4.72. The lowest BCUT2D eigenvalue weighted by Crippen LogP contribution is -2.42. The standard InChI is InChI=1S/C19H28N4O/c1-21(13-17-7-3-2-4-8-17)15-19(24)16-22-11-5-9-18(22)14-23-12-6-10-20-23/h2-4,6-8,10,12,18-19,24H,5,9,11,13-16H2,1H3. The van der Waals surface area contributed by atoms with Crippen molar-refractivity contribution < 1.29 is 5.11 Å². The number of nitrogens with zero attached hydrogens (tertiary/aromatic N) is 4. The minimum Gasteiger partial charge on any atom is -0.390 e. The van der Waals surface area contributed by atoms with E-state index in [2.05, 4.69) is 46.2 Å². The zero-order chi connectivity index (χ0) is 16.8. The van der Waals surface area contributed by atoms with Crippen LogP contribution in [0.4, 0.5) is 0 Å². The Labute approximate surface area is 144 Å². The molecule has 0 spiro atoms. The van der Waals surface area contributed by atoms with Gasteiger partial charge in [-0.15, -0.1) is 0 Å². The van der Waals surface area contributed by atoms with Crippen molar-refractivity contribution in [2.45, 2.75) is 38.1 Å². The number of likely N-dealkylation sites (tertiary alicyclic amines) is 1. The molecule has 5 nitrogen and oxygen atoms in total. The van der Waals surface area contributed by atoms with E-state index in [0.29, 0.717) is 12.6 Å². The molecule has 0 amide bonds. The van der Waals surface area contributed by atoms with Gasteiger partial charge in [0.05, 0.1) is 12.6 Å². The van der Waals surface area contributed by atoms with Gasteiger partial charge in [-0.05, 0) is 38.1 Å². The summed E-state index contributed by atoms with van der Waals surface area (Å²) in [4.78, 5) is 4.61. The molecular weight excluding hydrogens is 300 g/mol. The quantitative estimate of drug-likeness (QED) is 0.803. The number of hydrogen-bond acceptors (Lipinski definition) is 4. The summed E-state index contributed by atoms with van der Waals surface area (Å²) in [6, 6.07) is 12.9. The Kier molecular flexibility index (Phi) is 6.01. The van der Waals surface area contributed by atoms with Crippen LogP contribution in [-0.4, -0.2) is 63.5 Å². The summed E-state index contributed by atoms with van der Waals surface area (Å²) in [5.41, 5.74) is 1.28. The van der Waals surface area contributed by atoms with Gasteiger partial charge in [-0.2, -0.15) is 5.10 Å². The highest BCUT2D eigenvalue weighted by molar-refractivity contribution is 5.14. The largest absolute Gasteiger partial charge is 0.390 e. The molecule has 3 rings (SSSR count). The van der Waals surface area contributed by atoms with Crippen molar-refractivity contribution in [1.29, 1.82) is 0 Å². The van der Waals surface area contributed by atoms with Crippen LogP contribution in [0.2, 0.25) is 0 Å². The first-order valence-electron chi connectivity index (χ1n) is 8.83. The van der Waals surface area contributed by atoms with Gasteiger partial charge < -0.3 is 5.11 Å². The van der Waals surface area contributed by atoms with E-state index in [1.165, 1.54) is 18.4 Å². The number of hydrogen-bond donors (Lipinski definition) is 1. The predicted octanol–water partition coefficient (Wildman–Crippen LogP) is 1.84. The molecule has 1 aliphatic rings. The van der Waals surface area contributed by atoms with Crippen molar-refractivity contribution in [3.8, 4) is 0 Å². The van der Waals surface area contributed by atoms with E-state index in [1.54, 1.807) is 0 Å². The van der Waals surface area contributed by atoms with Crippen molar-refractivity contribution in [3.63, 3.8) is 0 Å². The molecule has 2 atom stereocenters. The molecule has 5 heteroatoms. The molecule has 0 aliphatic carbocycles. The van der Waals surface area contributed by atoms with Gasteiger partial charge in [0.15, 0.2) is 0 Å². The maximum atomic E-state index is 10.5. The van der Waals surface area contributed by atoms with Crippen LogP contribution < -0.4 is 0 Å². The molecule has 1 saturated heterocycles. The van der Waals surface area contributed by atoms with Gasteiger partial charge in [0.1, 0.15) is 0 Å². The molecule has 2 unspecified atom stereocenters. The maximum absolute atomic E-state index is 10.5. The zero-order valence-corrected chi connectivity index (χ0v) is 14.5. The fraction of sp³-hybridized carbons (Fsp3) is 0.526. The van der Waals surface area contributed by atoms with Crippen LogP contribution >= 0.6 is 0 Å². The summed E-state index contributed by atoms with van der Waals surface area (Å²) in [6.45, 7) is 4.30. The molecule has 0 bridgehead atoms. The van der Waals surface area contributed by atoms with Gasteiger partial charge in [0.25, 0.3) is 0 Å². The molecule has 1 aromatic heterocycles. The Hall–Kier alpha value is -1.69. The Morgan fingerprint density at radius 3 is 2.88 bits per heavy atom. The van der Waals surface area contributed by atoms with Crippen LogP contribution in [0.5, 0.6) is 0 Å². The zero-order valence-electron chi connectivity index (χ0n) is 14.5. The molecule has 0 radical (unpaired) electrons. The van der Waals surface area contributed by atoms with Gasteiger partial charge in [0.2, 0.25) is 0 Å². The van der Waals surface area contributed by atoms with Crippen LogP contribution in [0, 0.1) is 0 Å². The second-order valence-electron chi connectivity index (χ2n) is 6.86. The third kappa shape index (κ3) is 4.90. The highest BCUT2D eigenvalue weighted by atomic mass is 16.3. The van der Waals surface area contributed by atoms with Crippen LogP contribution in [0.15, 0.2) is 48.8 Å². The Balaban J connectivity index is 1.45. The maximum Gasteiger partial charge on any atom is 0.0793 e. The number of likely N-dealkylation sites (N-methyl/N-ethyl adjacent to an activating group) is 1. The van der Waals surface area contributed by atoms with E-state index >= 15 is 0 Å². The van der Waals surface area contributed by atoms with Crippen molar-refractivity contribution in [2.75, 3.05) is 26.7 Å². The molecule has 24 heavy (non-hydrogen) atoms. The molecule has 1 aliphatic heterocycles. The highest BCUT2D eigenvalue weighted by Gasteiger charge is 2.26. The second-order valence-corrected chi connectivity index (χ2v) is 6.86. The van der Waals surface area contributed by atoms with E-state index < -0.39 is 0 Å². The molecule has 0 saturated carbocycles. The molecule has 2 aromatic rings. The van der Waals surface area contributed by atoms with Gasteiger partial charge in [-0.1, -0.05) is 30.3 Å². The second kappa shape index (κ2) is 8.42. The van der Waals surface area contributed by atoms with E-state index in [-0.39, 0.29) is 6.10 Å². The summed E-state index contributed by atoms with van der Waals surface area (Å²) < 4.78 is 2.00. The summed E-state index contributed by atoms with van der Waals surface area (Å²) in [5.74, 6) is 0. The van der Waals surface area contributed by atoms with Gasteiger partial charge in [-0.3, -0.25) is 14.5 Å². The van der Waals surface area contributed by atoms with Crippen LogP contribution in [0.1, 0.15) is 18.4 Å². The first kappa shape index (κ1) is 17.1. The molecule has 1 aromatic carbocycles. The van der Waals surface area contributed by atoms with Crippen molar-refractivity contribution in [3.05, 3.63) is 54.4 Å². The monoisotopic (exact) mass is 328 g/mol.